The van der Waals surface area contributed by atoms with Crippen LogP contribution in [-0.2, 0) is 0 Å². The zero-order valence-corrected chi connectivity index (χ0v) is 11.0. The van der Waals surface area contributed by atoms with Crippen molar-refractivity contribution >= 4 is 23.4 Å². The van der Waals surface area contributed by atoms with Crippen molar-refractivity contribution in [3.63, 3.8) is 0 Å². The molecule has 6 nitrogen and oxygen atoms in total. The molecule has 0 saturated carbocycles. The second-order valence-electron chi connectivity index (χ2n) is 3.75. The highest BCUT2D eigenvalue weighted by atomic mass is 32.2. The summed E-state index contributed by atoms with van der Waals surface area (Å²) >= 11 is 1.42. The van der Waals surface area contributed by atoms with Gasteiger partial charge in [-0.15, -0.1) is 11.8 Å². The van der Waals surface area contributed by atoms with Gasteiger partial charge in [0, 0.05) is 23.5 Å². The van der Waals surface area contributed by atoms with Crippen molar-refractivity contribution in [3.8, 4) is 0 Å². The van der Waals surface area contributed by atoms with Gasteiger partial charge in [-0.05, 0) is 25.3 Å². The number of carbonyl (C=O) groups excluding carboxylic acids is 1. The molecule has 0 aromatic heterocycles. The molecule has 0 aliphatic rings. The van der Waals surface area contributed by atoms with Crippen LogP contribution in [0.3, 0.4) is 0 Å². The first-order chi connectivity index (χ1) is 8.49. The fraction of sp³-hybridized carbons (Fsp3) is 0.364. The smallest absolute Gasteiger partial charge is 0.282 e. The lowest BCUT2D eigenvalue weighted by molar-refractivity contribution is -0.385. The Balaban J connectivity index is 3.10. The first-order valence-corrected chi connectivity index (χ1v) is 6.55. The van der Waals surface area contributed by atoms with Crippen molar-refractivity contribution in [3.05, 3.63) is 33.9 Å². The van der Waals surface area contributed by atoms with Gasteiger partial charge in [-0.1, -0.05) is 0 Å². The summed E-state index contributed by atoms with van der Waals surface area (Å²) in [6.45, 7) is 2.02. The molecule has 1 amide bonds. The van der Waals surface area contributed by atoms with Gasteiger partial charge in [-0.3, -0.25) is 14.9 Å². The summed E-state index contributed by atoms with van der Waals surface area (Å²) in [7, 11) is 0. The molecule has 18 heavy (non-hydrogen) atoms. The van der Waals surface area contributed by atoms with E-state index in [1.807, 2.05) is 6.26 Å². The van der Waals surface area contributed by atoms with Crippen LogP contribution in [0.25, 0.3) is 0 Å². The number of amides is 1. The van der Waals surface area contributed by atoms with E-state index in [-0.39, 0.29) is 23.8 Å². The van der Waals surface area contributed by atoms with E-state index in [0.29, 0.717) is 0 Å². The fourth-order valence-corrected chi connectivity index (χ4v) is 1.78. The summed E-state index contributed by atoms with van der Waals surface area (Å²) in [5, 5.41) is 13.5. The highest BCUT2D eigenvalue weighted by Crippen LogP contribution is 2.24. The van der Waals surface area contributed by atoms with Crippen LogP contribution >= 0.6 is 11.8 Å². The first-order valence-electron chi connectivity index (χ1n) is 5.33. The van der Waals surface area contributed by atoms with Gasteiger partial charge in [0.15, 0.2) is 0 Å². The van der Waals surface area contributed by atoms with Crippen LogP contribution < -0.4 is 11.1 Å². The molecule has 0 unspecified atom stereocenters. The highest BCUT2D eigenvalue weighted by Gasteiger charge is 2.21. The molecule has 0 bridgehead atoms. The average molecular weight is 269 g/mol. The summed E-state index contributed by atoms with van der Waals surface area (Å²) < 4.78 is 0. The summed E-state index contributed by atoms with van der Waals surface area (Å²) in [6, 6.07) is 4.25. The maximum atomic E-state index is 11.9. The average Bonchev–Trinajstić information content (AvgIpc) is 2.37. The number of rotatable bonds is 5. The lowest BCUT2D eigenvalue weighted by Gasteiger charge is -2.11. The number of thioether (sulfide) groups is 1. The molecule has 0 aliphatic carbocycles. The molecular formula is C11H15N3O3S. The lowest BCUT2D eigenvalue weighted by Crippen LogP contribution is -2.38. The van der Waals surface area contributed by atoms with E-state index in [0.717, 1.165) is 4.90 Å². The number of nitrogens with zero attached hydrogens (tertiary/aromatic N) is 1. The molecule has 0 radical (unpaired) electrons. The van der Waals surface area contributed by atoms with Crippen LogP contribution in [0.1, 0.15) is 17.3 Å². The third kappa shape index (κ3) is 3.44. The normalized spacial score (nSPS) is 11.9. The minimum Gasteiger partial charge on any atom is -0.348 e. The van der Waals surface area contributed by atoms with Crippen molar-refractivity contribution in [2.75, 3.05) is 12.8 Å². The lowest BCUT2D eigenvalue weighted by atomic mass is 10.1. The number of nitrogens with two attached hydrogens (primary N) is 1. The van der Waals surface area contributed by atoms with Crippen LogP contribution in [-0.4, -0.2) is 29.7 Å². The van der Waals surface area contributed by atoms with Gasteiger partial charge < -0.3 is 11.1 Å². The van der Waals surface area contributed by atoms with Crippen LogP contribution in [0.5, 0.6) is 0 Å². The van der Waals surface area contributed by atoms with Gasteiger partial charge in [-0.2, -0.15) is 0 Å². The third-order valence-electron chi connectivity index (χ3n) is 2.38. The molecule has 0 aliphatic heterocycles. The number of hydrogen-bond acceptors (Lipinski definition) is 5. The quantitative estimate of drug-likeness (QED) is 0.478. The Hall–Kier alpha value is -1.60. The molecule has 1 rings (SSSR count). The Morgan fingerprint density at radius 1 is 1.61 bits per heavy atom. The number of nitrogens with one attached hydrogen (secondary N) is 1. The first kappa shape index (κ1) is 14.5. The predicted octanol–water partition coefficient (Wildman–Crippen LogP) is 1.39. The number of carbonyl (C=O) groups is 1. The number of nitro benzene ring substituents is 1. The maximum Gasteiger partial charge on any atom is 0.282 e. The molecule has 98 valence electrons. The van der Waals surface area contributed by atoms with Crippen LogP contribution in [0, 0.1) is 10.1 Å². The highest BCUT2D eigenvalue weighted by molar-refractivity contribution is 7.98. The van der Waals surface area contributed by atoms with E-state index in [4.69, 9.17) is 5.73 Å². The van der Waals surface area contributed by atoms with Crippen LogP contribution in [0.15, 0.2) is 23.1 Å². The van der Waals surface area contributed by atoms with Crippen molar-refractivity contribution in [1.82, 2.24) is 5.32 Å². The second-order valence-corrected chi connectivity index (χ2v) is 4.63. The Bertz CT molecular complexity index is 465. The molecule has 7 heteroatoms. The summed E-state index contributed by atoms with van der Waals surface area (Å²) in [4.78, 5) is 23.0. The Labute approximate surface area is 109 Å². The van der Waals surface area contributed by atoms with Gasteiger partial charge in [0.1, 0.15) is 5.56 Å². The van der Waals surface area contributed by atoms with Gasteiger partial charge in [0.05, 0.1) is 4.92 Å². The van der Waals surface area contributed by atoms with Crippen LogP contribution in [0.4, 0.5) is 5.69 Å². The van der Waals surface area contributed by atoms with E-state index >= 15 is 0 Å². The number of nitro groups is 1. The fourth-order valence-electron chi connectivity index (χ4n) is 1.34. The zero-order valence-electron chi connectivity index (χ0n) is 10.2. The molecule has 0 fully saturated rings. The third-order valence-corrected chi connectivity index (χ3v) is 3.10. The Morgan fingerprint density at radius 3 is 2.78 bits per heavy atom. The van der Waals surface area contributed by atoms with Crippen molar-refractivity contribution in [1.29, 1.82) is 0 Å². The SMILES string of the molecule is CSc1ccc([N+](=O)[O-])c(C(=O)N[C@@H](C)CN)c1. The Morgan fingerprint density at radius 2 is 2.28 bits per heavy atom. The van der Waals surface area contributed by atoms with E-state index in [1.165, 1.54) is 23.9 Å². The molecule has 1 aromatic rings. The van der Waals surface area contributed by atoms with Crippen molar-refractivity contribution < 1.29 is 9.72 Å². The monoisotopic (exact) mass is 269 g/mol. The topological polar surface area (TPSA) is 98.3 Å². The Kier molecular flexibility index (Phi) is 5.11. The van der Waals surface area contributed by atoms with Gasteiger partial charge in [-0.25, -0.2) is 0 Å². The van der Waals surface area contributed by atoms with Crippen molar-refractivity contribution in [2.45, 2.75) is 17.9 Å². The molecule has 0 saturated heterocycles. The zero-order chi connectivity index (χ0) is 13.7. The molecule has 0 spiro atoms. The van der Waals surface area contributed by atoms with Gasteiger partial charge >= 0.3 is 0 Å². The predicted molar refractivity (Wildman–Crippen MR) is 70.9 cm³/mol. The molecule has 3 N–H and O–H groups in total. The van der Waals surface area contributed by atoms with E-state index < -0.39 is 10.8 Å². The summed E-state index contributed by atoms with van der Waals surface area (Å²) in [6.07, 6.45) is 1.84. The van der Waals surface area contributed by atoms with E-state index in [9.17, 15) is 14.9 Å². The van der Waals surface area contributed by atoms with Gasteiger partial charge in [0.25, 0.3) is 11.6 Å². The van der Waals surface area contributed by atoms with E-state index in [2.05, 4.69) is 5.32 Å². The van der Waals surface area contributed by atoms with Crippen LogP contribution in [0.2, 0.25) is 0 Å². The maximum absolute atomic E-state index is 11.9. The summed E-state index contributed by atoms with van der Waals surface area (Å²) in [5.41, 5.74) is 5.26. The molecule has 1 aromatic carbocycles. The number of benzene rings is 1. The molecular weight excluding hydrogens is 254 g/mol. The number of hydrogen-bond donors (Lipinski definition) is 2. The van der Waals surface area contributed by atoms with Gasteiger partial charge in [0.2, 0.25) is 0 Å². The minimum atomic E-state index is -0.563. The molecule has 0 heterocycles. The van der Waals surface area contributed by atoms with E-state index in [1.54, 1.807) is 13.0 Å². The summed E-state index contributed by atoms with van der Waals surface area (Å²) in [5.74, 6) is -0.476. The van der Waals surface area contributed by atoms with Crippen molar-refractivity contribution in [2.24, 2.45) is 5.73 Å². The minimum absolute atomic E-state index is 0.0622. The second kappa shape index (κ2) is 6.36. The largest absolute Gasteiger partial charge is 0.348 e. The molecule has 1 atom stereocenters. The standard InChI is InChI=1S/C11H15N3O3S/c1-7(6-12)13-11(15)9-5-8(18-2)3-4-10(9)14(16)17/h3-5,7H,6,12H2,1-2H3,(H,13,15)/t7-/m0/s1.